The van der Waals surface area contributed by atoms with Gasteiger partial charge in [0.05, 0.1) is 0 Å². The Balaban J connectivity index is 1.56. The molecule has 0 heterocycles. The molecule has 21 heavy (non-hydrogen) atoms. The molecule has 4 aliphatic rings. The second-order valence-electron chi connectivity index (χ2n) is 9.61. The first kappa shape index (κ1) is 14.6. The van der Waals surface area contributed by atoms with Crippen LogP contribution in [-0.4, -0.2) is 0 Å². The Labute approximate surface area is 132 Å². The minimum Gasteiger partial charge on any atom is -0.0594 e. The van der Waals surface area contributed by atoms with Crippen molar-refractivity contribution < 1.29 is 0 Å². The van der Waals surface area contributed by atoms with Crippen LogP contribution < -0.4 is 0 Å². The summed E-state index contributed by atoms with van der Waals surface area (Å²) in [6.07, 6.45) is 18.6. The molecule has 0 radical (unpaired) electrons. The van der Waals surface area contributed by atoms with Gasteiger partial charge in [-0.2, -0.15) is 0 Å². The first-order valence-corrected chi connectivity index (χ1v) is 10.2. The molecule has 0 spiro atoms. The second kappa shape index (κ2) is 5.57. The highest BCUT2D eigenvalue weighted by atomic mass is 14.6. The summed E-state index contributed by atoms with van der Waals surface area (Å²) < 4.78 is 0. The lowest BCUT2D eigenvalue weighted by Gasteiger charge is -2.54. The highest BCUT2D eigenvalue weighted by Gasteiger charge is 2.52. The molecular formula is C21H36. The van der Waals surface area contributed by atoms with Gasteiger partial charge in [-0.25, -0.2) is 0 Å². The lowest BCUT2D eigenvalue weighted by Crippen LogP contribution is -2.46. The van der Waals surface area contributed by atoms with E-state index in [-0.39, 0.29) is 0 Å². The van der Waals surface area contributed by atoms with Crippen molar-refractivity contribution in [3.05, 3.63) is 0 Å². The molecule has 0 aromatic rings. The monoisotopic (exact) mass is 288 g/mol. The molecule has 0 aromatic carbocycles. The fourth-order valence-corrected chi connectivity index (χ4v) is 7.53. The van der Waals surface area contributed by atoms with Gasteiger partial charge in [0.25, 0.3) is 0 Å². The Hall–Kier alpha value is 0. The first-order chi connectivity index (χ1) is 10.2. The van der Waals surface area contributed by atoms with Crippen molar-refractivity contribution in [1.29, 1.82) is 0 Å². The molecule has 4 rings (SSSR count). The Morgan fingerprint density at radius 3 is 2.05 bits per heavy atom. The largest absolute Gasteiger partial charge is 0.0594 e. The predicted octanol–water partition coefficient (Wildman–Crippen LogP) is 6.45. The third-order valence-electron chi connectivity index (χ3n) is 8.58. The van der Waals surface area contributed by atoms with Crippen LogP contribution >= 0.6 is 0 Å². The van der Waals surface area contributed by atoms with Crippen LogP contribution in [0.4, 0.5) is 0 Å². The van der Waals surface area contributed by atoms with Gasteiger partial charge in [-0.3, -0.25) is 0 Å². The van der Waals surface area contributed by atoms with Crippen LogP contribution in [0, 0.1) is 40.9 Å². The molecular weight excluding hydrogens is 252 g/mol. The van der Waals surface area contributed by atoms with Crippen molar-refractivity contribution in [2.75, 3.05) is 0 Å². The summed E-state index contributed by atoms with van der Waals surface area (Å²) in [5, 5.41) is 0. The molecule has 4 aliphatic carbocycles. The summed E-state index contributed by atoms with van der Waals surface area (Å²) in [4.78, 5) is 0. The van der Waals surface area contributed by atoms with Gasteiger partial charge in [-0.1, -0.05) is 46.0 Å². The molecule has 5 unspecified atom stereocenters. The van der Waals surface area contributed by atoms with Crippen molar-refractivity contribution in [1.82, 2.24) is 0 Å². The molecule has 0 heteroatoms. The van der Waals surface area contributed by atoms with Crippen LogP contribution in [0.15, 0.2) is 0 Å². The summed E-state index contributed by atoms with van der Waals surface area (Å²) in [6.45, 7) is 5.35. The molecule has 0 N–H and O–H groups in total. The minimum absolute atomic E-state index is 0.626. The average Bonchev–Trinajstić information content (AvgIpc) is 2.94. The van der Waals surface area contributed by atoms with Crippen LogP contribution in [0.1, 0.15) is 90.9 Å². The van der Waals surface area contributed by atoms with Gasteiger partial charge in [0.2, 0.25) is 0 Å². The lowest BCUT2D eigenvalue weighted by molar-refractivity contribution is -0.0464. The van der Waals surface area contributed by atoms with Gasteiger partial charge in [-0.05, 0) is 85.9 Å². The predicted molar refractivity (Wildman–Crippen MR) is 90.1 cm³/mol. The molecule has 120 valence electrons. The maximum atomic E-state index is 2.67. The fourth-order valence-electron chi connectivity index (χ4n) is 7.53. The molecule has 0 nitrogen and oxygen atoms in total. The summed E-state index contributed by atoms with van der Waals surface area (Å²) in [5.74, 6) is 6.64. The summed E-state index contributed by atoms with van der Waals surface area (Å²) in [5.41, 5.74) is 0.626. The van der Waals surface area contributed by atoms with Gasteiger partial charge >= 0.3 is 0 Å². The average molecular weight is 289 g/mol. The Bertz CT molecular complexity index is 356. The van der Waals surface area contributed by atoms with Gasteiger partial charge in [0.1, 0.15) is 0 Å². The lowest BCUT2D eigenvalue weighted by atomic mass is 9.51. The van der Waals surface area contributed by atoms with E-state index in [9.17, 15) is 0 Å². The molecule has 0 saturated heterocycles. The topological polar surface area (TPSA) is 0 Å². The molecule has 0 aromatic heterocycles. The zero-order valence-electron chi connectivity index (χ0n) is 14.4. The van der Waals surface area contributed by atoms with E-state index in [0.717, 1.165) is 35.5 Å². The van der Waals surface area contributed by atoms with E-state index in [1.807, 2.05) is 0 Å². The van der Waals surface area contributed by atoms with E-state index in [0.29, 0.717) is 5.41 Å². The van der Waals surface area contributed by atoms with Crippen LogP contribution in [-0.2, 0) is 0 Å². The molecule has 0 aliphatic heterocycles. The SMILES string of the molecule is CC(C)(C1CCCCC1)C1CCC2CCC3CCCC1C32. The number of hydrogen-bond donors (Lipinski definition) is 0. The van der Waals surface area contributed by atoms with Crippen molar-refractivity contribution in [3.63, 3.8) is 0 Å². The summed E-state index contributed by atoms with van der Waals surface area (Å²) in [6, 6.07) is 0. The van der Waals surface area contributed by atoms with Crippen LogP contribution in [0.5, 0.6) is 0 Å². The van der Waals surface area contributed by atoms with Crippen LogP contribution in [0.3, 0.4) is 0 Å². The molecule has 4 saturated carbocycles. The maximum absolute atomic E-state index is 2.67. The first-order valence-electron chi connectivity index (χ1n) is 10.2. The van der Waals surface area contributed by atoms with Crippen LogP contribution in [0.2, 0.25) is 0 Å². The Morgan fingerprint density at radius 2 is 1.29 bits per heavy atom. The smallest absolute Gasteiger partial charge is 0.0295 e. The van der Waals surface area contributed by atoms with E-state index in [1.165, 1.54) is 32.1 Å². The molecule has 0 amide bonds. The fraction of sp³-hybridized carbons (Fsp3) is 1.00. The zero-order valence-corrected chi connectivity index (χ0v) is 14.4. The third-order valence-corrected chi connectivity index (χ3v) is 8.58. The highest BCUT2D eigenvalue weighted by molar-refractivity contribution is 5.02. The van der Waals surface area contributed by atoms with E-state index < -0.39 is 0 Å². The number of hydrogen-bond acceptors (Lipinski definition) is 0. The molecule has 5 atom stereocenters. The van der Waals surface area contributed by atoms with Gasteiger partial charge in [-0.15, -0.1) is 0 Å². The Kier molecular flexibility index (Phi) is 3.87. The quantitative estimate of drug-likeness (QED) is 0.548. The van der Waals surface area contributed by atoms with Gasteiger partial charge in [0.15, 0.2) is 0 Å². The maximum Gasteiger partial charge on any atom is -0.0295 e. The number of rotatable bonds is 2. The zero-order chi connectivity index (χ0) is 14.4. The minimum atomic E-state index is 0.626. The van der Waals surface area contributed by atoms with Crippen molar-refractivity contribution in [2.45, 2.75) is 90.9 Å². The van der Waals surface area contributed by atoms with Gasteiger partial charge in [0, 0.05) is 0 Å². The van der Waals surface area contributed by atoms with Crippen molar-refractivity contribution in [2.24, 2.45) is 40.9 Å². The third kappa shape index (κ3) is 2.40. The van der Waals surface area contributed by atoms with E-state index in [2.05, 4.69) is 13.8 Å². The standard InChI is InChI=1S/C21H36/c1-21(2,17-8-4-3-5-9-17)19-14-13-16-12-11-15-7-6-10-18(19)20(15)16/h15-20H,3-14H2,1-2H3. The normalized spacial score (nSPS) is 44.6. The van der Waals surface area contributed by atoms with Crippen molar-refractivity contribution >= 4 is 0 Å². The van der Waals surface area contributed by atoms with Crippen molar-refractivity contribution in [3.8, 4) is 0 Å². The molecule has 4 fully saturated rings. The van der Waals surface area contributed by atoms with E-state index in [4.69, 9.17) is 0 Å². The van der Waals surface area contributed by atoms with Crippen LogP contribution in [0.25, 0.3) is 0 Å². The van der Waals surface area contributed by atoms with Gasteiger partial charge < -0.3 is 0 Å². The second-order valence-corrected chi connectivity index (χ2v) is 9.61. The van der Waals surface area contributed by atoms with E-state index in [1.54, 1.807) is 44.9 Å². The van der Waals surface area contributed by atoms with E-state index >= 15 is 0 Å². The molecule has 0 bridgehead atoms. The summed E-state index contributed by atoms with van der Waals surface area (Å²) in [7, 11) is 0. The Morgan fingerprint density at radius 1 is 0.619 bits per heavy atom. The summed E-state index contributed by atoms with van der Waals surface area (Å²) >= 11 is 0. The highest BCUT2D eigenvalue weighted by Crippen LogP contribution is 2.61.